The molecule has 3 nitrogen and oxygen atoms in total. The van der Waals surface area contributed by atoms with Crippen molar-refractivity contribution in [2.75, 3.05) is 32.7 Å². The van der Waals surface area contributed by atoms with Crippen molar-refractivity contribution >= 4 is 0 Å². The van der Waals surface area contributed by atoms with Crippen molar-refractivity contribution in [1.82, 2.24) is 9.80 Å². The summed E-state index contributed by atoms with van der Waals surface area (Å²) in [7, 11) is 0. The summed E-state index contributed by atoms with van der Waals surface area (Å²) >= 11 is 0. The molecule has 1 saturated carbocycles. The van der Waals surface area contributed by atoms with E-state index in [1.54, 1.807) is 0 Å². The highest BCUT2D eigenvalue weighted by atomic mass is 15.3. The molecule has 1 aliphatic carbocycles. The van der Waals surface area contributed by atoms with Gasteiger partial charge in [0.15, 0.2) is 0 Å². The molecule has 1 heterocycles. The van der Waals surface area contributed by atoms with Gasteiger partial charge in [0.25, 0.3) is 0 Å². The highest BCUT2D eigenvalue weighted by Crippen LogP contribution is 2.36. The van der Waals surface area contributed by atoms with Gasteiger partial charge in [-0.25, -0.2) is 0 Å². The van der Waals surface area contributed by atoms with E-state index in [0.29, 0.717) is 11.6 Å². The van der Waals surface area contributed by atoms with Gasteiger partial charge < -0.3 is 5.73 Å². The van der Waals surface area contributed by atoms with E-state index in [9.17, 15) is 0 Å². The van der Waals surface area contributed by atoms with Gasteiger partial charge in [0.05, 0.1) is 0 Å². The molecule has 118 valence electrons. The van der Waals surface area contributed by atoms with Crippen LogP contribution in [0.15, 0.2) is 0 Å². The average Bonchev–Trinajstić information content (AvgIpc) is 2.70. The van der Waals surface area contributed by atoms with Gasteiger partial charge in [-0.15, -0.1) is 0 Å². The number of hydrogen-bond donors (Lipinski definition) is 1. The van der Waals surface area contributed by atoms with Gasteiger partial charge in [-0.1, -0.05) is 33.1 Å². The maximum absolute atomic E-state index is 6.28. The van der Waals surface area contributed by atoms with Crippen LogP contribution in [0.3, 0.4) is 0 Å². The van der Waals surface area contributed by atoms with E-state index in [-0.39, 0.29) is 0 Å². The molecule has 0 amide bonds. The zero-order valence-corrected chi connectivity index (χ0v) is 13.9. The number of nitrogens with zero attached hydrogens (tertiary/aromatic N) is 2. The first-order valence-electron chi connectivity index (χ1n) is 8.84. The lowest BCUT2D eigenvalue weighted by atomic mass is 9.86. The van der Waals surface area contributed by atoms with Gasteiger partial charge in [-0.2, -0.15) is 0 Å². The Morgan fingerprint density at radius 1 is 1.15 bits per heavy atom. The quantitative estimate of drug-likeness (QED) is 0.804. The summed E-state index contributed by atoms with van der Waals surface area (Å²) in [5.41, 5.74) is 6.59. The van der Waals surface area contributed by atoms with E-state index in [1.165, 1.54) is 64.7 Å². The maximum atomic E-state index is 6.28. The molecule has 2 fully saturated rings. The van der Waals surface area contributed by atoms with Gasteiger partial charge in [-0.3, -0.25) is 9.80 Å². The molecule has 3 atom stereocenters. The molecule has 0 aromatic rings. The van der Waals surface area contributed by atoms with E-state index in [0.717, 1.165) is 12.5 Å². The molecule has 3 heteroatoms. The predicted molar refractivity (Wildman–Crippen MR) is 86.9 cm³/mol. The third kappa shape index (κ3) is 3.37. The van der Waals surface area contributed by atoms with Crippen LogP contribution in [0.1, 0.15) is 59.3 Å². The second-order valence-corrected chi connectivity index (χ2v) is 7.06. The smallest absolute Gasteiger partial charge is 0.0333 e. The van der Waals surface area contributed by atoms with E-state index in [2.05, 4.69) is 30.6 Å². The second kappa shape index (κ2) is 7.24. The van der Waals surface area contributed by atoms with Crippen molar-refractivity contribution < 1.29 is 0 Å². The first-order chi connectivity index (χ1) is 9.65. The minimum atomic E-state index is 0.304. The fourth-order valence-electron chi connectivity index (χ4n) is 4.42. The molecular formula is C17H35N3. The SMILES string of the molecule is CCC1CCCC(CN)(N2CCN(CC)C(C)C2)CC1. The van der Waals surface area contributed by atoms with Crippen LogP contribution in [0, 0.1) is 5.92 Å². The Hall–Kier alpha value is -0.120. The van der Waals surface area contributed by atoms with Crippen LogP contribution >= 0.6 is 0 Å². The van der Waals surface area contributed by atoms with Crippen LogP contribution in [0.4, 0.5) is 0 Å². The summed E-state index contributed by atoms with van der Waals surface area (Å²) in [4.78, 5) is 5.36. The minimum Gasteiger partial charge on any atom is -0.329 e. The molecule has 0 bridgehead atoms. The highest BCUT2D eigenvalue weighted by Gasteiger charge is 2.39. The number of hydrogen-bond acceptors (Lipinski definition) is 3. The molecule has 1 saturated heterocycles. The molecular weight excluding hydrogens is 246 g/mol. The van der Waals surface area contributed by atoms with Gasteiger partial charge in [0.1, 0.15) is 0 Å². The van der Waals surface area contributed by atoms with Crippen LogP contribution in [-0.2, 0) is 0 Å². The second-order valence-electron chi connectivity index (χ2n) is 7.06. The lowest BCUT2D eigenvalue weighted by molar-refractivity contribution is 0.00151. The molecule has 3 unspecified atom stereocenters. The fourth-order valence-corrected chi connectivity index (χ4v) is 4.42. The summed E-state index contributed by atoms with van der Waals surface area (Å²) in [6.45, 7) is 12.7. The standard InChI is InChI=1S/C17H35N3/c1-4-16-7-6-9-17(14-18,10-8-16)20-12-11-19(5-2)15(3)13-20/h15-16H,4-14,18H2,1-3H3. The Kier molecular flexibility index (Phi) is 5.88. The largest absolute Gasteiger partial charge is 0.329 e. The monoisotopic (exact) mass is 281 g/mol. The van der Waals surface area contributed by atoms with Crippen LogP contribution in [0.5, 0.6) is 0 Å². The van der Waals surface area contributed by atoms with Gasteiger partial charge in [0, 0.05) is 37.8 Å². The van der Waals surface area contributed by atoms with Gasteiger partial charge in [0.2, 0.25) is 0 Å². The Morgan fingerprint density at radius 3 is 2.55 bits per heavy atom. The zero-order chi connectivity index (χ0) is 14.6. The normalized spacial score (nSPS) is 37.8. The fraction of sp³-hybridized carbons (Fsp3) is 1.00. The molecule has 0 spiro atoms. The third-order valence-electron chi connectivity index (χ3n) is 6.07. The number of nitrogens with two attached hydrogens (primary N) is 1. The molecule has 2 aliphatic rings. The molecule has 2 rings (SSSR count). The molecule has 0 aromatic heterocycles. The van der Waals surface area contributed by atoms with Crippen molar-refractivity contribution in [3.63, 3.8) is 0 Å². The number of rotatable bonds is 4. The van der Waals surface area contributed by atoms with E-state index in [1.807, 2.05) is 0 Å². The summed E-state index contributed by atoms with van der Waals surface area (Å²) in [5, 5.41) is 0. The maximum Gasteiger partial charge on any atom is 0.0333 e. The molecule has 0 radical (unpaired) electrons. The lowest BCUT2D eigenvalue weighted by Crippen LogP contribution is -2.62. The zero-order valence-electron chi connectivity index (χ0n) is 13.9. The summed E-state index contributed by atoms with van der Waals surface area (Å²) in [5.74, 6) is 0.942. The Balaban J connectivity index is 2.03. The van der Waals surface area contributed by atoms with E-state index < -0.39 is 0 Å². The van der Waals surface area contributed by atoms with Crippen LogP contribution in [0.25, 0.3) is 0 Å². The predicted octanol–water partition coefficient (Wildman–Crippen LogP) is 2.70. The molecule has 20 heavy (non-hydrogen) atoms. The number of likely N-dealkylation sites (N-methyl/N-ethyl adjacent to an activating group) is 1. The van der Waals surface area contributed by atoms with Crippen molar-refractivity contribution in [3.8, 4) is 0 Å². The first-order valence-corrected chi connectivity index (χ1v) is 8.84. The number of piperazine rings is 1. The van der Waals surface area contributed by atoms with Gasteiger partial charge >= 0.3 is 0 Å². The van der Waals surface area contributed by atoms with Crippen LogP contribution in [0.2, 0.25) is 0 Å². The van der Waals surface area contributed by atoms with Crippen molar-refractivity contribution in [3.05, 3.63) is 0 Å². The average molecular weight is 281 g/mol. The van der Waals surface area contributed by atoms with Crippen LogP contribution in [-0.4, -0.2) is 54.1 Å². The summed E-state index contributed by atoms with van der Waals surface area (Å²) in [6.07, 6.45) is 8.16. The highest BCUT2D eigenvalue weighted by molar-refractivity contribution is 4.97. The summed E-state index contributed by atoms with van der Waals surface area (Å²) < 4.78 is 0. The Labute approximate surface area is 125 Å². The van der Waals surface area contributed by atoms with Crippen molar-refractivity contribution in [1.29, 1.82) is 0 Å². The minimum absolute atomic E-state index is 0.304. The Bertz CT molecular complexity index is 294. The first kappa shape index (κ1) is 16.3. The molecule has 2 N–H and O–H groups in total. The summed E-state index contributed by atoms with van der Waals surface area (Å²) in [6, 6.07) is 0.683. The lowest BCUT2D eigenvalue weighted by Gasteiger charge is -2.49. The van der Waals surface area contributed by atoms with Gasteiger partial charge in [-0.05, 0) is 38.6 Å². The molecule has 0 aromatic carbocycles. The topological polar surface area (TPSA) is 32.5 Å². The van der Waals surface area contributed by atoms with Crippen LogP contribution < -0.4 is 5.73 Å². The molecule has 1 aliphatic heterocycles. The van der Waals surface area contributed by atoms with Crippen molar-refractivity contribution in [2.24, 2.45) is 11.7 Å². The van der Waals surface area contributed by atoms with Crippen molar-refractivity contribution in [2.45, 2.75) is 70.9 Å². The third-order valence-corrected chi connectivity index (χ3v) is 6.07. The Morgan fingerprint density at radius 2 is 1.95 bits per heavy atom. The van der Waals surface area contributed by atoms with E-state index in [4.69, 9.17) is 5.73 Å². The van der Waals surface area contributed by atoms with E-state index >= 15 is 0 Å².